The fourth-order valence-corrected chi connectivity index (χ4v) is 4.26. The minimum atomic E-state index is -4.56. The van der Waals surface area contributed by atoms with E-state index in [4.69, 9.17) is 0 Å². The molecule has 0 unspecified atom stereocenters. The lowest BCUT2D eigenvalue weighted by Gasteiger charge is -2.11. The lowest BCUT2D eigenvalue weighted by molar-refractivity contribution is -0.137. The summed E-state index contributed by atoms with van der Waals surface area (Å²) in [7, 11) is 0. The van der Waals surface area contributed by atoms with Crippen LogP contribution < -0.4 is 5.32 Å². The van der Waals surface area contributed by atoms with E-state index in [2.05, 4.69) is 15.4 Å². The predicted molar refractivity (Wildman–Crippen MR) is 135 cm³/mol. The Kier molecular flexibility index (Phi) is 6.15. The number of hydrogen-bond donors (Lipinski definition) is 2. The molecule has 38 heavy (non-hydrogen) atoms. The Balaban J connectivity index is 1.49. The minimum Gasteiger partial charge on any atom is -0.478 e. The number of nitrogens with one attached hydrogen (secondary N) is 1. The van der Waals surface area contributed by atoms with Crippen LogP contribution in [0.15, 0.2) is 85.2 Å². The van der Waals surface area contributed by atoms with Crippen molar-refractivity contribution in [2.45, 2.75) is 13.1 Å². The van der Waals surface area contributed by atoms with Crippen LogP contribution in [0.1, 0.15) is 31.8 Å². The van der Waals surface area contributed by atoms with E-state index in [1.54, 1.807) is 66.3 Å². The first-order chi connectivity index (χ1) is 18.1. The molecule has 0 fully saturated rings. The zero-order valence-corrected chi connectivity index (χ0v) is 19.8. The van der Waals surface area contributed by atoms with Crippen LogP contribution in [0, 0.1) is 6.92 Å². The van der Waals surface area contributed by atoms with Crippen LogP contribution in [0.2, 0.25) is 0 Å². The summed E-state index contributed by atoms with van der Waals surface area (Å²) in [5.41, 5.74) is 3.28. The van der Waals surface area contributed by atoms with Crippen molar-refractivity contribution in [2.24, 2.45) is 0 Å². The summed E-state index contributed by atoms with van der Waals surface area (Å²) >= 11 is 0. The molecule has 0 spiro atoms. The van der Waals surface area contributed by atoms with Gasteiger partial charge in [0.15, 0.2) is 5.65 Å². The molecule has 2 heterocycles. The van der Waals surface area contributed by atoms with E-state index >= 15 is 0 Å². The number of aromatic nitrogens is 3. The highest BCUT2D eigenvalue weighted by molar-refractivity contribution is 6.04. The molecule has 0 radical (unpaired) electrons. The maximum atomic E-state index is 13.0. The van der Waals surface area contributed by atoms with Crippen molar-refractivity contribution in [2.75, 3.05) is 5.32 Å². The molecule has 5 rings (SSSR count). The average Bonchev–Trinajstić information content (AvgIpc) is 3.32. The number of halogens is 3. The summed E-state index contributed by atoms with van der Waals surface area (Å²) in [6.07, 6.45) is -1.35. The third-order valence-corrected chi connectivity index (χ3v) is 6.12. The van der Waals surface area contributed by atoms with E-state index in [1.165, 1.54) is 18.2 Å². The molecule has 2 N–H and O–H groups in total. The number of rotatable bonds is 5. The number of carboxylic acid groups (broad SMARTS) is 1. The third kappa shape index (κ3) is 4.59. The van der Waals surface area contributed by atoms with Crippen LogP contribution in [0.5, 0.6) is 0 Å². The first kappa shape index (κ1) is 24.7. The zero-order chi connectivity index (χ0) is 27.0. The van der Waals surface area contributed by atoms with Gasteiger partial charge in [-0.3, -0.25) is 4.79 Å². The van der Waals surface area contributed by atoms with E-state index in [9.17, 15) is 27.9 Å². The molecule has 0 aliphatic heterocycles. The van der Waals surface area contributed by atoms with Gasteiger partial charge in [-0.15, -0.1) is 0 Å². The van der Waals surface area contributed by atoms with Gasteiger partial charge >= 0.3 is 12.1 Å². The monoisotopic (exact) mass is 516 g/mol. The second-order valence-corrected chi connectivity index (χ2v) is 8.52. The largest absolute Gasteiger partial charge is 0.478 e. The second-order valence-electron chi connectivity index (χ2n) is 8.52. The Bertz CT molecular complexity index is 1710. The lowest BCUT2D eigenvalue weighted by Crippen LogP contribution is -2.14. The lowest BCUT2D eigenvalue weighted by atomic mass is 9.98. The second kappa shape index (κ2) is 9.47. The SMILES string of the molecule is Cc1c(C(=O)O)cccc1-c1cnn2c(-c3cccc(NC(=O)c4cccc(C(F)(F)F)c4)c3)ccnc12. The van der Waals surface area contributed by atoms with Gasteiger partial charge in [0.25, 0.3) is 5.91 Å². The first-order valence-corrected chi connectivity index (χ1v) is 11.4. The first-order valence-electron chi connectivity index (χ1n) is 11.4. The summed E-state index contributed by atoms with van der Waals surface area (Å²) in [6, 6.07) is 17.7. The van der Waals surface area contributed by atoms with E-state index < -0.39 is 23.6 Å². The molecule has 0 saturated heterocycles. The summed E-state index contributed by atoms with van der Waals surface area (Å²) in [5.74, 6) is -1.71. The summed E-state index contributed by atoms with van der Waals surface area (Å²) in [4.78, 5) is 28.7. The molecule has 0 aliphatic rings. The van der Waals surface area contributed by atoms with Gasteiger partial charge in [-0.1, -0.05) is 30.3 Å². The molecule has 0 aliphatic carbocycles. The standard InChI is InChI=1S/C28H19F3N4O3/c1-16-21(9-4-10-22(16)27(37)38)23-15-33-35-24(11-12-32-25(23)35)17-5-3-8-20(14-17)34-26(36)18-6-2-7-19(13-18)28(29,30)31/h2-15H,1H3,(H,34,36)(H,37,38). The Morgan fingerprint density at radius 1 is 0.947 bits per heavy atom. The molecule has 1 amide bonds. The van der Waals surface area contributed by atoms with Crippen LogP contribution in [0.4, 0.5) is 18.9 Å². The third-order valence-electron chi connectivity index (χ3n) is 6.12. The number of nitrogens with zero attached hydrogens (tertiary/aromatic N) is 3. The van der Waals surface area contributed by atoms with Crippen LogP contribution >= 0.6 is 0 Å². The molecular weight excluding hydrogens is 497 g/mol. The zero-order valence-electron chi connectivity index (χ0n) is 19.8. The van der Waals surface area contributed by atoms with Crippen molar-refractivity contribution in [1.29, 1.82) is 0 Å². The molecule has 5 aromatic rings. The summed E-state index contributed by atoms with van der Waals surface area (Å²) < 4.78 is 40.7. The van der Waals surface area contributed by atoms with Crippen molar-refractivity contribution < 1.29 is 27.9 Å². The van der Waals surface area contributed by atoms with Crippen molar-refractivity contribution in [1.82, 2.24) is 14.6 Å². The number of amides is 1. The quantitative estimate of drug-likeness (QED) is 0.284. The molecule has 2 aromatic heterocycles. The molecule has 190 valence electrons. The van der Waals surface area contributed by atoms with E-state index in [0.717, 1.165) is 12.1 Å². The molecule has 0 atom stereocenters. The summed E-state index contributed by atoms with van der Waals surface area (Å²) in [6.45, 7) is 1.72. The van der Waals surface area contributed by atoms with Crippen LogP contribution in [-0.2, 0) is 6.18 Å². The Morgan fingerprint density at radius 3 is 2.47 bits per heavy atom. The smallest absolute Gasteiger partial charge is 0.416 e. The molecule has 10 heteroatoms. The maximum Gasteiger partial charge on any atom is 0.416 e. The number of hydrogen-bond acceptors (Lipinski definition) is 4. The maximum absolute atomic E-state index is 13.0. The van der Waals surface area contributed by atoms with Gasteiger partial charge in [-0.05, 0) is 60.5 Å². The van der Waals surface area contributed by atoms with Gasteiger partial charge in [0, 0.05) is 28.6 Å². The van der Waals surface area contributed by atoms with Gasteiger partial charge < -0.3 is 10.4 Å². The normalized spacial score (nSPS) is 11.5. The van der Waals surface area contributed by atoms with Crippen LogP contribution in [-0.4, -0.2) is 31.6 Å². The number of carbonyl (C=O) groups is 2. The van der Waals surface area contributed by atoms with Crippen molar-refractivity contribution in [3.8, 4) is 22.4 Å². The number of carboxylic acids is 1. The molecule has 3 aromatic carbocycles. The average molecular weight is 516 g/mol. The van der Waals surface area contributed by atoms with Gasteiger partial charge in [0.2, 0.25) is 0 Å². The molecular formula is C28H19F3N4O3. The van der Waals surface area contributed by atoms with Crippen molar-refractivity contribution >= 4 is 23.2 Å². The van der Waals surface area contributed by atoms with Gasteiger partial charge in [-0.25, -0.2) is 14.3 Å². The Morgan fingerprint density at radius 2 is 1.71 bits per heavy atom. The van der Waals surface area contributed by atoms with Crippen molar-refractivity contribution in [3.63, 3.8) is 0 Å². The van der Waals surface area contributed by atoms with Crippen molar-refractivity contribution in [3.05, 3.63) is 107 Å². The number of anilines is 1. The number of alkyl halides is 3. The highest BCUT2D eigenvalue weighted by atomic mass is 19.4. The van der Waals surface area contributed by atoms with Crippen LogP contribution in [0.25, 0.3) is 28.0 Å². The topological polar surface area (TPSA) is 96.6 Å². The fraction of sp³-hybridized carbons (Fsp3) is 0.0714. The number of aromatic carboxylic acids is 1. The fourth-order valence-electron chi connectivity index (χ4n) is 4.26. The highest BCUT2D eigenvalue weighted by Crippen LogP contribution is 2.32. The number of benzene rings is 3. The van der Waals surface area contributed by atoms with E-state index in [0.29, 0.717) is 39.3 Å². The molecule has 0 saturated carbocycles. The number of fused-ring (bicyclic) bond motifs is 1. The molecule has 0 bridgehead atoms. The minimum absolute atomic E-state index is 0.118. The van der Waals surface area contributed by atoms with Gasteiger partial charge in [0.05, 0.1) is 23.0 Å². The molecule has 7 nitrogen and oxygen atoms in total. The van der Waals surface area contributed by atoms with E-state index in [-0.39, 0.29) is 11.1 Å². The van der Waals surface area contributed by atoms with Gasteiger partial charge in [0.1, 0.15) is 0 Å². The number of carbonyl (C=O) groups excluding carboxylic acids is 1. The predicted octanol–water partition coefficient (Wildman–Crippen LogP) is 6.34. The Labute approximate surface area is 214 Å². The van der Waals surface area contributed by atoms with Gasteiger partial charge in [-0.2, -0.15) is 18.3 Å². The Hall–Kier alpha value is -4.99. The highest BCUT2D eigenvalue weighted by Gasteiger charge is 2.31. The van der Waals surface area contributed by atoms with Crippen LogP contribution in [0.3, 0.4) is 0 Å². The van der Waals surface area contributed by atoms with E-state index in [1.807, 2.05) is 0 Å². The summed E-state index contributed by atoms with van der Waals surface area (Å²) in [5, 5.41) is 16.6.